The van der Waals surface area contributed by atoms with Gasteiger partial charge in [0.15, 0.2) is 0 Å². The number of aryl methyl sites for hydroxylation is 1. The summed E-state index contributed by atoms with van der Waals surface area (Å²) in [6, 6.07) is 11.6. The lowest BCUT2D eigenvalue weighted by molar-refractivity contribution is -0.140. The van der Waals surface area contributed by atoms with Crippen molar-refractivity contribution in [1.82, 2.24) is 14.5 Å². The first-order valence-electron chi connectivity index (χ1n) is 11.2. The fraction of sp³-hybridized carbons (Fsp3) is 0.269. The third-order valence-electron chi connectivity index (χ3n) is 5.71. The number of carbonyl (C=O) groups excluding carboxylic acids is 2. The highest BCUT2D eigenvalue weighted by Gasteiger charge is 2.46. The number of nitrogens with zero attached hydrogens (tertiary/aromatic N) is 3. The lowest BCUT2D eigenvalue weighted by Gasteiger charge is -2.25. The standard InChI is InChI=1S/C26H26FN3O4/c1-2-16-34-19-10-8-18(9-11-19)24(31)22-23(20-6-3-4-7-21(20)27)30(26(33)25(22)32)14-5-13-29-15-12-28-17-29/h3-4,6-12,15,17,23,31H,2,5,13-14,16H2,1H3/t23-/m0/s1. The molecule has 1 aliphatic rings. The van der Waals surface area contributed by atoms with Gasteiger partial charge in [-0.05, 0) is 43.2 Å². The van der Waals surface area contributed by atoms with E-state index in [4.69, 9.17) is 4.74 Å². The van der Waals surface area contributed by atoms with Crippen LogP contribution in [-0.4, -0.2) is 44.4 Å². The number of amides is 1. The lowest BCUT2D eigenvalue weighted by Crippen LogP contribution is -2.31. The van der Waals surface area contributed by atoms with E-state index >= 15 is 0 Å². The van der Waals surface area contributed by atoms with Gasteiger partial charge in [-0.15, -0.1) is 0 Å². The molecule has 0 aliphatic carbocycles. The second-order valence-corrected chi connectivity index (χ2v) is 8.04. The van der Waals surface area contributed by atoms with Crippen LogP contribution < -0.4 is 4.74 Å². The second kappa shape index (κ2) is 10.3. The smallest absolute Gasteiger partial charge is 0.295 e. The normalized spacial score (nSPS) is 17.4. The zero-order chi connectivity index (χ0) is 24.1. The first-order valence-corrected chi connectivity index (χ1v) is 11.2. The highest BCUT2D eigenvalue weighted by atomic mass is 19.1. The Hall–Kier alpha value is -3.94. The zero-order valence-corrected chi connectivity index (χ0v) is 18.9. The number of rotatable bonds is 9. The van der Waals surface area contributed by atoms with Gasteiger partial charge in [0, 0.05) is 36.6 Å². The van der Waals surface area contributed by atoms with Crippen LogP contribution in [0, 0.1) is 5.82 Å². The molecule has 1 saturated heterocycles. The van der Waals surface area contributed by atoms with Crippen molar-refractivity contribution in [1.29, 1.82) is 0 Å². The van der Waals surface area contributed by atoms with Crippen molar-refractivity contribution < 1.29 is 23.8 Å². The number of ketones is 1. The average Bonchev–Trinajstić information content (AvgIpc) is 3.45. The molecule has 1 N–H and O–H groups in total. The van der Waals surface area contributed by atoms with E-state index in [1.165, 1.54) is 17.0 Å². The summed E-state index contributed by atoms with van der Waals surface area (Å²) in [6.45, 7) is 3.34. The van der Waals surface area contributed by atoms with Crippen molar-refractivity contribution in [3.8, 4) is 5.75 Å². The maximum Gasteiger partial charge on any atom is 0.295 e. The molecule has 3 aromatic rings. The predicted molar refractivity (Wildman–Crippen MR) is 124 cm³/mol. The molecule has 4 rings (SSSR count). The number of benzene rings is 2. The zero-order valence-electron chi connectivity index (χ0n) is 18.9. The van der Waals surface area contributed by atoms with Crippen LogP contribution in [-0.2, 0) is 16.1 Å². The first-order chi connectivity index (χ1) is 16.5. The molecule has 8 heteroatoms. The molecule has 0 unspecified atom stereocenters. The molecule has 2 heterocycles. The van der Waals surface area contributed by atoms with E-state index in [9.17, 15) is 19.1 Å². The maximum atomic E-state index is 14.8. The molecule has 0 bridgehead atoms. The van der Waals surface area contributed by atoms with Crippen LogP contribution in [0.5, 0.6) is 5.75 Å². The van der Waals surface area contributed by atoms with Crippen LogP contribution >= 0.6 is 0 Å². The van der Waals surface area contributed by atoms with Gasteiger partial charge >= 0.3 is 0 Å². The number of imidazole rings is 1. The minimum atomic E-state index is -1.03. The van der Waals surface area contributed by atoms with Crippen molar-refractivity contribution in [2.45, 2.75) is 32.4 Å². The molecule has 1 aromatic heterocycles. The van der Waals surface area contributed by atoms with Gasteiger partial charge in [-0.2, -0.15) is 0 Å². The quantitative estimate of drug-likeness (QED) is 0.290. The highest BCUT2D eigenvalue weighted by Crippen LogP contribution is 2.40. The minimum absolute atomic E-state index is 0.125. The Bertz CT molecular complexity index is 1190. The SMILES string of the molecule is CCCOc1ccc(C(O)=C2C(=O)C(=O)N(CCCn3ccnc3)[C@H]2c2ccccc2F)cc1. The fourth-order valence-corrected chi connectivity index (χ4v) is 4.06. The van der Waals surface area contributed by atoms with E-state index in [1.807, 2.05) is 11.5 Å². The molecule has 2 aromatic carbocycles. The van der Waals surface area contributed by atoms with E-state index < -0.39 is 23.5 Å². The van der Waals surface area contributed by atoms with Crippen LogP contribution in [0.25, 0.3) is 5.76 Å². The molecule has 1 aliphatic heterocycles. The second-order valence-electron chi connectivity index (χ2n) is 8.04. The summed E-state index contributed by atoms with van der Waals surface area (Å²) in [5.41, 5.74) is 0.385. The van der Waals surface area contributed by atoms with Gasteiger partial charge in [-0.1, -0.05) is 25.1 Å². The van der Waals surface area contributed by atoms with Crippen molar-refractivity contribution in [2.75, 3.05) is 13.2 Å². The number of hydrogen-bond acceptors (Lipinski definition) is 5. The molecule has 1 fully saturated rings. The number of ether oxygens (including phenoxy) is 1. The van der Waals surface area contributed by atoms with Gasteiger partial charge in [0.2, 0.25) is 0 Å². The topological polar surface area (TPSA) is 84.7 Å². The maximum absolute atomic E-state index is 14.8. The number of hydrogen-bond donors (Lipinski definition) is 1. The van der Waals surface area contributed by atoms with Crippen molar-refractivity contribution in [3.05, 3.63) is 89.8 Å². The van der Waals surface area contributed by atoms with Gasteiger partial charge in [-0.3, -0.25) is 9.59 Å². The molecule has 34 heavy (non-hydrogen) atoms. The average molecular weight is 464 g/mol. The Morgan fingerprint density at radius 2 is 1.88 bits per heavy atom. The molecule has 1 amide bonds. The summed E-state index contributed by atoms with van der Waals surface area (Å²) in [5, 5.41) is 11.1. The lowest BCUT2D eigenvalue weighted by atomic mass is 9.95. The first kappa shape index (κ1) is 23.2. The van der Waals surface area contributed by atoms with Crippen LogP contribution in [0.4, 0.5) is 4.39 Å². The number of likely N-dealkylation sites (tertiary alicyclic amines) is 1. The van der Waals surface area contributed by atoms with Crippen molar-refractivity contribution in [2.24, 2.45) is 0 Å². The van der Waals surface area contributed by atoms with Crippen molar-refractivity contribution in [3.63, 3.8) is 0 Å². The minimum Gasteiger partial charge on any atom is -0.507 e. The predicted octanol–water partition coefficient (Wildman–Crippen LogP) is 4.32. The summed E-state index contributed by atoms with van der Waals surface area (Å²) in [6.07, 6.45) is 6.50. The van der Waals surface area contributed by atoms with Crippen LogP contribution in [0.2, 0.25) is 0 Å². The highest BCUT2D eigenvalue weighted by molar-refractivity contribution is 6.46. The summed E-state index contributed by atoms with van der Waals surface area (Å²) >= 11 is 0. The summed E-state index contributed by atoms with van der Waals surface area (Å²) < 4.78 is 22.3. The van der Waals surface area contributed by atoms with Gasteiger partial charge in [0.1, 0.15) is 17.3 Å². The van der Waals surface area contributed by atoms with Crippen LogP contribution in [0.15, 0.2) is 72.8 Å². The molecule has 0 spiro atoms. The molecule has 176 valence electrons. The van der Waals surface area contributed by atoms with Crippen molar-refractivity contribution >= 4 is 17.4 Å². The number of aromatic nitrogens is 2. The third-order valence-corrected chi connectivity index (χ3v) is 5.71. The molecule has 7 nitrogen and oxygen atoms in total. The largest absolute Gasteiger partial charge is 0.507 e. The molecule has 1 atom stereocenters. The summed E-state index contributed by atoms with van der Waals surface area (Å²) in [4.78, 5) is 31.4. The Balaban J connectivity index is 1.69. The Kier molecular flexibility index (Phi) is 7.06. The number of aliphatic hydroxyl groups is 1. The Morgan fingerprint density at radius 3 is 2.56 bits per heavy atom. The van der Waals surface area contributed by atoms with Gasteiger partial charge < -0.3 is 19.3 Å². The molecular weight excluding hydrogens is 437 g/mol. The number of carbonyl (C=O) groups is 2. The van der Waals surface area contributed by atoms with Gasteiger partial charge in [0.25, 0.3) is 11.7 Å². The van der Waals surface area contributed by atoms with E-state index in [0.717, 1.165) is 6.42 Å². The van der Waals surface area contributed by atoms with Crippen LogP contribution in [0.1, 0.15) is 36.9 Å². The third kappa shape index (κ3) is 4.71. The van der Waals surface area contributed by atoms with E-state index in [-0.39, 0.29) is 23.4 Å². The monoisotopic (exact) mass is 463 g/mol. The van der Waals surface area contributed by atoms with Gasteiger partial charge in [-0.25, -0.2) is 9.37 Å². The Morgan fingerprint density at radius 1 is 1.12 bits per heavy atom. The van der Waals surface area contributed by atoms with E-state index in [1.54, 1.807) is 55.1 Å². The number of halogens is 1. The number of Topliss-reactive ketones (excluding diaryl/α,β-unsaturated/α-hetero) is 1. The molecule has 0 saturated carbocycles. The van der Waals surface area contributed by atoms with Gasteiger partial charge in [0.05, 0.1) is 24.5 Å². The Labute approximate surface area is 197 Å². The van der Waals surface area contributed by atoms with E-state index in [0.29, 0.717) is 30.9 Å². The van der Waals surface area contributed by atoms with E-state index in [2.05, 4.69) is 4.98 Å². The fourth-order valence-electron chi connectivity index (χ4n) is 4.06. The number of aliphatic hydroxyl groups excluding tert-OH is 1. The summed E-state index contributed by atoms with van der Waals surface area (Å²) in [7, 11) is 0. The molecular formula is C26H26FN3O4. The van der Waals surface area contributed by atoms with Crippen LogP contribution in [0.3, 0.4) is 0 Å². The molecule has 0 radical (unpaired) electrons. The summed E-state index contributed by atoms with van der Waals surface area (Å²) in [5.74, 6) is -1.86.